The molecule has 1 rings (SSSR count). The van der Waals surface area contributed by atoms with E-state index in [2.05, 4.69) is 29.1 Å². The third kappa shape index (κ3) is 6.24. The number of hydrogen-bond acceptors (Lipinski definition) is 2. The predicted molar refractivity (Wildman–Crippen MR) is 78.9 cm³/mol. The highest BCUT2D eigenvalue weighted by atomic mass is 15.2. The van der Waals surface area contributed by atoms with E-state index in [1.807, 2.05) is 0 Å². The standard InChI is InChI=1S/C14H30N4/c1-3-9-16-14(15)17-10-5-7-12-18-11-6-4-8-13(18)2/h13H,3-12H2,1-2H3,(H3,15,16,17). The van der Waals surface area contributed by atoms with Gasteiger partial charge in [-0.25, -0.2) is 0 Å². The smallest absolute Gasteiger partial charge is 0.188 e. The van der Waals surface area contributed by atoms with Crippen molar-refractivity contribution in [1.82, 2.24) is 10.2 Å². The number of guanidine groups is 1. The molecule has 1 aliphatic rings. The summed E-state index contributed by atoms with van der Waals surface area (Å²) in [7, 11) is 0. The van der Waals surface area contributed by atoms with Gasteiger partial charge in [-0.05, 0) is 52.1 Å². The van der Waals surface area contributed by atoms with Gasteiger partial charge in [-0.3, -0.25) is 4.99 Å². The van der Waals surface area contributed by atoms with E-state index < -0.39 is 0 Å². The number of nitrogens with two attached hydrogens (primary N) is 1. The van der Waals surface area contributed by atoms with Crippen LogP contribution < -0.4 is 11.1 Å². The molecule has 0 amide bonds. The molecule has 1 unspecified atom stereocenters. The fourth-order valence-corrected chi connectivity index (χ4v) is 2.43. The highest BCUT2D eigenvalue weighted by Crippen LogP contribution is 2.16. The Morgan fingerprint density at radius 2 is 2.22 bits per heavy atom. The Labute approximate surface area is 112 Å². The maximum atomic E-state index is 5.74. The van der Waals surface area contributed by atoms with Gasteiger partial charge in [0.05, 0.1) is 0 Å². The molecule has 4 nitrogen and oxygen atoms in total. The summed E-state index contributed by atoms with van der Waals surface area (Å²) >= 11 is 0. The molecule has 0 radical (unpaired) electrons. The monoisotopic (exact) mass is 254 g/mol. The van der Waals surface area contributed by atoms with Crippen LogP contribution in [0, 0.1) is 0 Å². The van der Waals surface area contributed by atoms with E-state index >= 15 is 0 Å². The van der Waals surface area contributed by atoms with Crippen LogP contribution in [0.2, 0.25) is 0 Å². The van der Waals surface area contributed by atoms with E-state index in [9.17, 15) is 0 Å². The molecule has 106 valence electrons. The van der Waals surface area contributed by atoms with E-state index in [1.165, 1.54) is 45.2 Å². The van der Waals surface area contributed by atoms with Gasteiger partial charge in [0.1, 0.15) is 0 Å². The van der Waals surface area contributed by atoms with Gasteiger partial charge in [-0.15, -0.1) is 0 Å². The molecule has 4 heteroatoms. The van der Waals surface area contributed by atoms with Gasteiger partial charge in [-0.2, -0.15) is 0 Å². The summed E-state index contributed by atoms with van der Waals surface area (Å²) in [6.07, 6.45) is 7.62. The maximum absolute atomic E-state index is 5.74. The summed E-state index contributed by atoms with van der Waals surface area (Å²) in [5.41, 5.74) is 5.74. The van der Waals surface area contributed by atoms with Gasteiger partial charge in [0.2, 0.25) is 0 Å². The molecule has 0 saturated carbocycles. The lowest BCUT2D eigenvalue weighted by molar-refractivity contribution is 0.158. The van der Waals surface area contributed by atoms with E-state index in [1.54, 1.807) is 0 Å². The van der Waals surface area contributed by atoms with E-state index in [-0.39, 0.29) is 0 Å². The zero-order valence-corrected chi connectivity index (χ0v) is 12.1. The predicted octanol–water partition coefficient (Wildman–Crippen LogP) is 1.96. The highest BCUT2D eigenvalue weighted by molar-refractivity contribution is 5.77. The minimum Gasteiger partial charge on any atom is -0.370 e. The van der Waals surface area contributed by atoms with Crippen molar-refractivity contribution in [2.24, 2.45) is 10.7 Å². The Morgan fingerprint density at radius 3 is 2.94 bits per heavy atom. The maximum Gasteiger partial charge on any atom is 0.188 e. The third-order valence-electron chi connectivity index (χ3n) is 3.62. The molecule has 1 saturated heterocycles. The second-order valence-corrected chi connectivity index (χ2v) is 5.28. The molecule has 1 aliphatic heterocycles. The average Bonchev–Trinajstić information content (AvgIpc) is 2.38. The molecule has 1 atom stereocenters. The number of likely N-dealkylation sites (tertiary alicyclic amines) is 1. The minimum absolute atomic E-state index is 0.600. The molecule has 0 bridgehead atoms. The number of nitrogens with one attached hydrogen (secondary N) is 1. The molecule has 1 heterocycles. The van der Waals surface area contributed by atoms with Crippen molar-refractivity contribution in [3.05, 3.63) is 0 Å². The summed E-state index contributed by atoms with van der Waals surface area (Å²) in [6.45, 7) is 8.75. The van der Waals surface area contributed by atoms with Crippen LogP contribution in [0.4, 0.5) is 0 Å². The third-order valence-corrected chi connectivity index (χ3v) is 3.62. The first-order valence-electron chi connectivity index (χ1n) is 7.52. The van der Waals surface area contributed by atoms with Gasteiger partial charge >= 0.3 is 0 Å². The highest BCUT2D eigenvalue weighted by Gasteiger charge is 2.16. The second kappa shape index (κ2) is 9.20. The largest absolute Gasteiger partial charge is 0.370 e. The van der Waals surface area contributed by atoms with Crippen LogP contribution in [0.15, 0.2) is 4.99 Å². The molecule has 0 aromatic carbocycles. The molecule has 0 aromatic rings. The van der Waals surface area contributed by atoms with Crippen molar-refractivity contribution in [3.8, 4) is 0 Å². The Kier molecular flexibility index (Phi) is 7.81. The number of unbranched alkanes of at least 4 members (excludes halogenated alkanes) is 1. The molecular formula is C14H30N4. The lowest BCUT2D eigenvalue weighted by Crippen LogP contribution is -2.38. The molecule has 0 aliphatic carbocycles. The number of hydrogen-bond donors (Lipinski definition) is 2. The van der Waals surface area contributed by atoms with Crippen LogP contribution in [0.25, 0.3) is 0 Å². The molecule has 18 heavy (non-hydrogen) atoms. The van der Waals surface area contributed by atoms with Crippen LogP contribution in [0.5, 0.6) is 0 Å². The van der Waals surface area contributed by atoms with Crippen LogP contribution in [-0.2, 0) is 0 Å². The summed E-state index contributed by atoms with van der Waals surface area (Å²) in [6, 6.07) is 0.780. The topological polar surface area (TPSA) is 53.6 Å². The Morgan fingerprint density at radius 1 is 1.39 bits per heavy atom. The van der Waals surface area contributed by atoms with Crippen molar-refractivity contribution in [2.45, 2.75) is 58.4 Å². The van der Waals surface area contributed by atoms with E-state index in [0.717, 1.165) is 25.6 Å². The summed E-state index contributed by atoms with van der Waals surface area (Å²) < 4.78 is 0. The number of nitrogens with zero attached hydrogens (tertiary/aromatic N) is 2. The van der Waals surface area contributed by atoms with E-state index in [0.29, 0.717) is 5.96 Å². The van der Waals surface area contributed by atoms with Gasteiger partial charge < -0.3 is 16.0 Å². The lowest BCUT2D eigenvalue weighted by Gasteiger charge is -2.33. The lowest BCUT2D eigenvalue weighted by atomic mass is 10.0. The first-order chi connectivity index (χ1) is 8.74. The Hall–Kier alpha value is -0.770. The van der Waals surface area contributed by atoms with Crippen molar-refractivity contribution in [1.29, 1.82) is 0 Å². The normalized spacial score (nSPS) is 22.1. The van der Waals surface area contributed by atoms with Crippen molar-refractivity contribution < 1.29 is 0 Å². The van der Waals surface area contributed by atoms with Crippen LogP contribution >= 0.6 is 0 Å². The fourth-order valence-electron chi connectivity index (χ4n) is 2.43. The van der Waals surface area contributed by atoms with Gasteiger partial charge in [0.25, 0.3) is 0 Å². The Bertz CT molecular complexity index is 240. The van der Waals surface area contributed by atoms with Crippen LogP contribution in [0.1, 0.15) is 52.4 Å². The zero-order valence-electron chi connectivity index (χ0n) is 12.1. The molecule has 0 aromatic heterocycles. The minimum atomic E-state index is 0.600. The number of rotatable bonds is 7. The van der Waals surface area contributed by atoms with Crippen molar-refractivity contribution >= 4 is 5.96 Å². The quantitative estimate of drug-likeness (QED) is 0.415. The van der Waals surface area contributed by atoms with E-state index in [4.69, 9.17) is 5.73 Å². The second-order valence-electron chi connectivity index (χ2n) is 5.28. The fraction of sp³-hybridized carbons (Fsp3) is 0.929. The average molecular weight is 254 g/mol. The Balaban J connectivity index is 2.01. The van der Waals surface area contributed by atoms with Crippen molar-refractivity contribution in [2.75, 3.05) is 26.2 Å². The molecular weight excluding hydrogens is 224 g/mol. The molecule has 3 N–H and O–H groups in total. The summed E-state index contributed by atoms with van der Waals surface area (Å²) in [5.74, 6) is 0.600. The first kappa shape index (κ1) is 15.3. The number of aliphatic imine (C=N–C) groups is 1. The first-order valence-corrected chi connectivity index (χ1v) is 7.52. The molecule has 1 fully saturated rings. The summed E-state index contributed by atoms with van der Waals surface area (Å²) in [5, 5.41) is 3.18. The van der Waals surface area contributed by atoms with Crippen LogP contribution in [0.3, 0.4) is 0 Å². The molecule has 0 spiro atoms. The van der Waals surface area contributed by atoms with Gasteiger partial charge in [-0.1, -0.05) is 13.3 Å². The number of piperidine rings is 1. The van der Waals surface area contributed by atoms with Gasteiger partial charge in [0.15, 0.2) is 5.96 Å². The zero-order chi connectivity index (χ0) is 13.2. The van der Waals surface area contributed by atoms with Gasteiger partial charge in [0, 0.05) is 19.1 Å². The SMILES string of the molecule is CCCN=C(N)NCCCCN1CCCCC1C. The van der Waals surface area contributed by atoms with Crippen molar-refractivity contribution in [3.63, 3.8) is 0 Å². The van der Waals surface area contributed by atoms with Crippen LogP contribution in [-0.4, -0.2) is 43.1 Å². The summed E-state index contributed by atoms with van der Waals surface area (Å²) in [4.78, 5) is 6.84.